The number of amides is 2. The Morgan fingerprint density at radius 1 is 1.25 bits per heavy atom. The van der Waals surface area contributed by atoms with E-state index in [4.69, 9.17) is 9.84 Å². The minimum Gasteiger partial charge on any atom is -0.479 e. The van der Waals surface area contributed by atoms with Gasteiger partial charge in [-0.3, -0.25) is 0 Å². The van der Waals surface area contributed by atoms with Crippen LogP contribution in [0.25, 0.3) is 0 Å². The van der Waals surface area contributed by atoms with Crippen LogP contribution in [-0.2, 0) is 9.53 Å². The van der Waals surface area contributed by atoms with Crippen molar-refractivity contribution in [1.82, 2.24) is 10.2 Å². The Morgan fingerprint density at radius 3 is 2.05 bits per heavy atom. The number of halogens is 3. The summed E-state index contributed by atoms with van der Waals surface area (Å²) in [5, 5.41) is 10.3. The summed E-state index contributed by atoms with van der Waals surface area (Å²) < 4.78 is 43.7. The molecule has 0 aliphatic carbocycles. The van der Waals surface area contributed by atoms with E-state index in [1.807, 2.05) is 0 Å². The lowest BCUT2D eigenvalue weighted by atomic mass is 10.0. The Labute approximate surface area is 113 Å². The predicted molar refractivity (Wildman–Crippen MR) is 62.2 cm³/mol. The normalized spacial score (nSPS) is 26.8. The predicted octanol–water partition coefficient (Wildman–Crippen LogP) is 1.21. The number of carboxylic acid groups (broad SMARTS) is 1. The zero-order chi connectivity index (χ0) is 15.7. The Kier molecular flexibility index (Phi) is 4.52. The zero-order valence-corrected chi connectivity index (χ0v) is 11.3. The Balaban J connectivity index is 2.85. The number of carbonyl (C=O) groups excluding carboxylic acids is 1. The van der Waals surface area contributed by atoms with Crippen molar-refractivity contribution >= 4 is 12.0 Å². The molecule has 20 heavy (non-hydrogen) atoms. The summed E-state index contributed by atoms with van der Waals surface area (Å²) in [7, 11) is 0. The van der Waals surface area contributed by atoms with E-state index in [2.05, 4.69) is 0 Å². The molecule has 0 saturated carbocycles. The number of alkyl halides is 3. The maximum absolute atomic E-state index is 12.8. The number of urea groups is 1. The van der Waals surface area contributed by atoms with Crippen LogP contribution in [0.2, 0.25) is 0 Å². The second kappa shape index (κ2) is 5.47. The third-order valence-electron chi connectivity index (χ3n) is 3.06. The highest BCUT2D eigenvalue weighted by Crippen LogP contribution is 2.30. The van der Waals surface area contributed by atoms with E-state index in [1.165, 1.54) is 0 Å². The first kappa shape index (κ1) is 16.5. The van der Waals surface area contributed by atoms with Crippen LogP contribution in [0, 0.1) is 0 Å². The van der Waals surface area contributed by atoms with Gasteiger partial charge >= 0.3 is 18.2 Å². The SMILES string of the molecule is C[C@@H]1CN(C(=O)NC(C)(C(=O)O)C(F)(F)F)C[C@H](C)O1. The monoisotopic (exact) mass is 298 g/mol. The summed E-state index contributed by atoms with van der Waals surface area (Å²) >= 11 is 0. The molecule has 0 radical (unpaired) electrons. The molecule has 0 aromatic rings. The van der Waals surface area contributed by atoms with Crippen molar-refractivity contribution in [2.45, 2.75) is 44.7 Å². The van der Waals surface area contributed by atoms with Gasteiger partial charge in [0.25, 0.3) is 0 Å². The van der Waals surface area contributed by atoms with Crippen molar-refractivity contribution in [2.24, 2.45) is 0 Å². The van der Waals surface area contributed by atoms with Crippen LogP contribution in [0.5, 0.6) is 0 Å². The van der Waals surface area contributed by atoms with Gasteiger partial charge in [-0.25, -0.2) is 9.59 Å². The van der Waals surface area contributed by atoms with E-state index in [1.54, 1.807) is 19.2 Å². The molecule has 0 spiro atoms. The standard InChI is InChI=1S/C11H17F3N2O4/c1-6-4-16(5-7(2)20-6)9(19)15-10(3,8(17)18)11(12,13)14/h6-7H,4-5H2,1-3H3,(H,15,19)(H,17,18)/t6-,7+,10?. The van der Waals surface area contributed by atoms with Gasteiger partial charge in [0.2, 0.25) is 5.54 Å². The fourth-order valence-corrected chi connectivity index (χ4v) is 1.88. The molecule has 116 valence electrons. The molecule has 0 aromatic heterocycles. The minimum absolute atomic E-state index is 0.101. The Bertz CT molecular complexity index is 392. The number of aliphatic carboxylic acids is 1. The number of morpholine rings is 1. The van der Waals surface area contributed by atoms with E-state index in [-0.39, 0.29) is 25.3 Å². The van der Waals surface area contributed by atoms with Crippen LogP contribution in [0.4, 0.5) is 18.0 Å². The topological polar surface area (TPSA) is 78.9 Å². The fourth-order valence-electron chi connectivity index (χ4n) is 1.88. The molecule has 6 nitrogen and oxygen atoms in total. The van der Waals surface area contributed by atoms with E-state index >= 15 is 0 Å². The number of hydrogen-bond acceptors (Lipinski definition) is 3. The number of hydrogen-bond donors (Lipinski definition) is 2. The van der Waals surface area contributed by atoms with Crippen molar-refractivity contribution in [2.75, 3.05) is 13.1 Å². The lowest BCUT2D eigenvalue weighted by molar-refractivity contribution is -0.203. The van der Waals surface area contributed by atoms with Crippen LogP contribution < -0.4 is 5.32 Å². The molecule has 3 atom stereocenters. The van der Waals surface area contributed by atoms with Crippen molar-refractivity contribution < 1.29 is 32.6 Å². The van der Waals surface area contributed by atoms with E-state index in [0.29, 0.717) is 6.92 Å². The van der Waals surface area contributed by atoms with Crippen LogP contribution in [0.15, 0.2) is 0 Å². The molecule has 1 rings (SSSR count). The number of nitrogens with zero attached hydrogens (tertiary/aromatic N) is 1. The van der Waals surface area contributed by atoms with Gasteiger partial charge < -0.3 is 20.1 Å². The Hall–Kier alpha value is -1.51. The zero-order valence-electron chi connectivity index (χ0n) is 11.3. The molecule has 2 amide bonds. The van der Waals surface area contributed by atoms with Gasteiger partial charge in [0.15, 0.2) is 0 Å². The number of carboxylic acids is 1. The molecule has 9 heteroatoms. The van der Waals surface area contributed by atoms with Crippen molar-refractivity contribution in [1.29, 1.82) is 0 Å². The van der Waals surface area contributed by atoms with Gasteiger partial charge in [-0.15, -0.1) is 0 Å². The van der Waals surface area contributed by atoms with Crippen LogP contribution in [0.1, 0.15) is 20.8 Å². The summed E-state index contributed by atoms with van der Waals surface area (Å²) in [5.41, 5.74) is -3.32. The van der Waals surface area contributed by atoms with Gasteiger partial charge in [0, 0.05) is 13.1 Å². The van der Waals surface area contributed by atoms with Crippen LogP contribution in [-0.4, -0.2) is 59.0 Å². The smallest absolute Gasteiger partial charge is 0.422 e. The molecule has 0 bridgehead atoms. The lowest BCUT2D eigenvalue weighted by Crippen LogP contribution is -2.65. The number of rotatable bonds is 2. The molecule has 1 heterocycles. The van der Waals surface area contributed by atoms with Gasteiger partial charge in [-0.2, -0.15) is 13.2 Å². The lowest BCUT2D eigenvalue weighted by Gasteiger charge is -2.37. The summed E-state index contributed by atoms with van der Waals surface area (Å²) in [6.45, 7) is 3.97. The Morgan fingerprint density at radius 2 is 1.70 bits per heavy atom. The minimum atomic E-state index is -5.10. The quantitative estimate of drug-likeness (QED) is 0.803. The molecule has 0 aromatic carbocycles. The first-order valence-electron chi connectivity index (χ1n) is 6.00. The molecule has 1 fully saturated rings. The van der Waals surface area contributed by atoms with Gasteiger partial charge in [-0.05, 0) is 20.8 Å². The fraction of sp³-hybridized carbons (Fsp3) is 0.818. The summed E-state index contributed by atoms with van der Waals surface area (Å²) in [6, 6.07) is -1.07. The number of nitrogens with one attached hydrogen (secondary N) is 1. The van der Waals surface area contributed by atoms with E-state index in [0.717, 1.165) is 4.90 Å². The summed E-state index contributed by atoms with van der Waals surface area (Å²) in [4.78, 5) is 23.8. The third kappa shape index (κ3) is 3.33. The largest absolute Gasteiger partial charge is 0.479 e. The average molecular weight is 298 g/mol. The molecule has 1 saturated heterocycles. The average Bonchev–Trinajstić information content (AvgIpc) is 2.25. The van der Waals surface area contributed by atoms with E-state index < -0.39 is 23.7 Å². The van der Waals surface area contributed by atoms with Gasteiger partial charge in [0.1, 0.15) is 0 Å². The van der Waals surface area contributed by atoms with Crippen molar-refractivity contribution in [3.63, 3.8) is 0 Å². The molecule has 1 aliphatic rings. The van der Waals surface area contributed by atoms with Crippen molar-refractivity contribution in [3.8, 4) is 0 Å². The highest BCUT2D eigenvalue weighted by Gasteiger charge is 2.59. The van der Waals surface area contributed by atoms with Gasteiger partial charge in [-0.1, -0.05) is 0 Å². The molecule has 1 unspecified atom stereocenters. The molecular formula is C11H17F3N2O4. The summed E-state index contributed by atoms with van der Waals surface area (Å²) in [5.74, 6) is -2.16. The van der Waals surface area contributed by atoms with Crippen molar-refractivity contribution in [3.05, 3.63) is 0 Å². The number of ether oxygens (including phenoxy) is 1. The maximum Gasteiger partial charge on any atom is 0.422 e. The molecule has 1 aliphatic heterocycles. The van der Waals surface area contributed by atoms with Gasteiger partial charge in [0.05, 0.1) is 12.2 Å². The highest BCUT2D eigenvalue weighted by atomic mass is 19.4. The number of carbonyl (C=O) groups is 2. The first-order valence-corrected chi connectivity index (χ1v) is 6.00. The van der Waals surface area contributed by atoms with E-state index in [9.17, 15) is 22.8 Å². The maximum atomic E-state index is 12.8. The second-order valence-electron chi connectivity index (χ2n) is 5.02. The molecular weight excluding hydrogens is 281 g/mol. The van der Waals surface area contributed by atoms with Crippen LogP contribution >= 0.6 is 0 Å². The second-order valence-corrected chi connectivity index (χ2v) is 5.02. The highest BCUT2D eigenvalue weighted by molar-refractivity contribution is 5.86. The molecule has 2 N–H and O–H groups in total. The summed E-state index contributed by atoms with van der Waals surface area (Å²) in [6.07, 6.45) is -5.75. The first-order chi connectivity index (χ1) is 8.97. The van der Waals surface area contributed by atoms with Crippen LogP contribution in [0.3, 0.4) is 0 Å². The third-order valence-corrected chi connectivity index (χ3v) is 3.06.